The molecule has 2 nitrogen and oxygen atoms in total. The predicted octanol–water partition coefficient (Wildman–Crippen LogP) is 4.57. The molecule has 3 aromatic carbocycles. The number of hydrogen-bond donors (Lipinski definition) is 1. The fourth-order valence-corrected chi connectivity index (χ4v) is 3.41. The summed E-state index contributed by atoms with van der Waals surface area (Å²) in [6.07, 6.45) is -0.413. The van der Waals surface area contributed by atoms with Crippen LogP contribution < -0.4 is 10.5 Å². The maximum atomic E-state index is 14.1. The Bertz CT molecular complexity index is 986. The first-order valence-electron chi connectivity index (χ1n) is 8.03. The van der Waals surface area contributed by atoms with E-state index in [-0.39, 0.29) is 5.56 Å². The second-order valence-corrected chi connectivity index (χ2v) is 6.46. The summed E-state index contributed by atoms with van der Waals surface area (Å²) in [6, 6.07) is 10.6. The van der Waals surface area contributed by atoms with Crippen LogP contribution in [0, 0.1) is 24.4 Å². The summed E-state index contributed by atoms with van der Waals surface area (Å²) < 4.78 is 46.8. The lowest BCUT2D eigenvalue weighted by molar-refractivity contribution is 0.149. The molecule has 0 fully saturated rings. The van der Waals surface area contributed by atoms with Crippen molar-refractivity contribution in [1.29, 1.82) is 0 Å². The Hall–Kier alpha value is -2.53. The molecular formula is C20H16F3NO. The van der Waals surface area contributed by atoms with E-state index < -0.39 is 29.6 Å². The zero-order valence-corrected chi connectivity index (χ0v) is 13.5. The number of nitrogens with two attached hydrogens (primary N) is 1. The highest BCUT2D eigenvalue weighted by Crippen LogP contribution is 2.39. The van der Waals surface area contributed by atoms with Crippen LogP contribution in [-0.2, 0) is 6.42 Å². The van der Waals surface area contributed by atoms with E-state index in [1.807, 2.05) is 31.2 Å². The molecule has 1 aliphatic heterocycles. The van der Waals surface area contributed by atoms with Crippen LogP contribution in [0.1, 0.15) is 22.8 Å². The van der Waals surface area contributed by atoms with Gasteiger partial charge >= 0.3 is 0 Å². The normalized spacial score (nSPS) is 19.6. The van der Waals surface area contributed by atoms with Crippen molar-refractivity contribution >= 4 is 10.8 Å². The molecule has 4 rings (SSSR count). The Morgan fingerprint density at radius 1 is 0.960 bits per heavy atom. The van der Waals surface area contributed by atoms with Gasteiger partial charge in [0.1, 0.15) is 17.7 Å². The number of fused-ring (bicyclic) bond motifs is 3. The average molecular weight is 343 g/mol. The summed E-state index contributed by atoms with van der Waals surface area (Å²) in [6.45, 7) is 2.00. The number of hydrogen-bond acceptors (Lipinski definition) is 2. The molecule has 0 saturated heterocycles. The van der Waals surface area contributed by atoms with Crippen LogP contribution in [-0.4, -0.2) is 6.04 Å². The summed E-state index contributed by atoms with van der Waals surface area (Å²) >= 11 is 0. The summed E-state index contributed by atoms with van der Waals surface area (Å²) in [7, 11) is 0. The van der Waals surface area contributed by atoms with Gasteiger partial charge in [-0.25, -0.2) is 13.2 Å². The molecule has 3 aromatic rings. The molecule has 2 atom stereocenters. The zero-order valence-electron chi connectivity index (χ0n) is 13.5. The molecule has 0 radical (unpaired) electrons. The predicted molar refractivity (Wildman–Crippen MR) is 90.0 cm³/mol. The first-order chi connectivity index (χ1) is 11.9. The van der Waals surface area contributed by atoms with Gasteiger partial charge < -0.3 is 10.5 Å². The molecule has 5 heteroatoms. The Kier molecular flexibility index (Phi) is 3.69. The molecule has 0 spiro atoms. The summed E-state index contributed by atoms with van der Waals surface area (Å²) in [4.78, 5) is 0. The molecule has 0 unspecified atom stereocenters. The highest BCUT2D eigenvalue weighted by Gasteiger charge is 2.32. The van der Waals surface area contributed by atoms with E-state index in [1.165, 1.54) is 0 Å². The molecule has 0 aliphatic carbocycles. The van der Waals surface area contributed by atoms with Crippen molar-refractivity contribution in [2.45, 2.75) is 25.5 Å². The largest absolute Gasteiger partial charge is 0.484 e. The Balaban J connectivity index is 1.81. The van der Waals surface area contributed by atoms with Gasteiger partial charge in [-0.2, -0.15) is 0 Å². The fraction of sp³-hybridized carbons (Fsp3) is 0.200. The van der Waals surface area contributed by atoms with Gasteiger partial charge in [0.05, 0.1) is 6.04 Å². The van der Waals surface area contributed by atoms with E-state index in [1.54, 1.807) is 0 Å². The quantitative estimate of drug-likeness (QED) is 0.657. The first-order valence-corrected chi connectivity index (χ1v) is 8.03. The fourth-order valence-electron chi connectivity index (χ4n) is 3.41. The van der Waals surface area contributed by atoms with Crippen molar-refractivity contribution in [2.24, 2.45) is 5.73 Å². The topological polar surface area (TPSA) is 35.2 Å². The summed E-state index contributed by atoms with van der Waals surface area (Å²) in [5, 5.41) is 2.11. The van der Waals surface area contributed by atoms with Crippen LogP contribution in [0.5, 0.6) is 5.75 Å². The van der Waals surface area contributed by atoms with Gasteiger partial charge in [0.25, 0.3) is 0 Å². The number of rotatable bonds is 1. The summed E-state index contributed by atoms with van der Waals surface area (Å²) in [5.74, 6) is -2.62. The minimum absolute atomic E-state index is 0.0682. The van der Waals surface area contributed by atoms with E-state index in [9.17, 15) is 13.2 Å². The monoisotopic (exact) mass is 343 g/mol. The van der Waals surface area contributed by atoms with Crippen LogP contribution in [0.25, 0.3) is 10.8 Å². The number of benzene rings is 3. The molecule has 0 saturated carbocycles. The highest BCUT2D eigenvalue weighted by atomic mass is 19.2. The van der Waals surface area contributed by atoms with Crippen LogP contribution in [0.3, 0.4) is 0 Å². The zero-order chi connectivity index (χ0) is 17.7. The lowest BCUT2D eigenvalue weighted by atomic mass is 9.89. The van der Waals surface area contributed by atoms with Crippen LogP contribution in [0.2, 0.25) is 0 Å². The molecule has 1 aliphatic rings. The Morgan fingerprint density at radius 2 is 1.68 bits per heavy atom. The maximum Gasteiger partial charge on any atom is 0.161 e. The summed E-state index contributed by atoms with van der Waals surface area (Å²) in [5.41, 5.74) is 8.20. The number of halogens is 3. The van der Waals surface area contributed by atoms with Gasteiger partial charge in [-0.05, 0) is 36.2 Å². The third-order valence-corrected chi connectivity index (χ3v) is 4.67. The molecule has 0 bridgehead atoms. The minimum atomic E-state index is -1.23. The van der Waals surface area contributed by atoms with Crippen molar-refractivity contribution in [3.8, 4) is 5.75 Å². The van der Waals surface area contributed by atoms with Crippen molar-refractivity contribution < 1.29 is 17.9 Å². The lowest BCUT2D eigenvalue weighted by Crippen LogP contribution is -2.38. The standard InChI is InChI=1S/C20H16F3NO/c1-10-2-3-11-4-5-19-13(12(11)6-10)8-18(24)20(25-19)14-7-16(22)17(23)9-15(14)21/h2-7,9,18,20H,8,24H2,1H3/t18-,20+/m0/s1. The Morgan fingerprint density at radius 3 is 2.48 bits per heavy atom. The van der Waals surface area contributed by atoms with Gasteiger partial charge in [0.2, 0.25) is 0 Å². The third-order valence-electron chi connectivity index (χ3n) is 4.67. The van der Waals surface area contributed by atoms with Gasteiger partial charge in [-0.15, -0.1) is 0 Å². The average Bonchev–Trinajstić information content (AvgIpc) is 2.58. The van der Waals surface area contributed by atoms with E-state index in [0.29, 0.717) is 18.2 Å². The molecule has 25 heavy (non-hydrogen) atoms. The second-order valence-electron chi connectivity index (χ2n) is 6.46. The van der Waals surface area contributed by atoms with Gasteiger partial charge in [0, 0.05) is 17.2 Å². The molecule has 0 aromatic heterocycles. The third kappa shape index (κ3) is 2.65. The van der Waals surface area contributed by atoms with Crippen molar-refractivity contribution in [3.05, 3.63) is 76.6 Å². The van der Waals surface area contributed by atoms with E-state index in [2.05, 4.69) is 6.07 Å². The lowest BCUT2D eigenvalue weighted by Gasteiger charge is -2.32. The molecule has 1 heterocycles. The van der Waals surface area contributed by atoms with Gasteiger partial charge in [0.15, 0.2) is 11.6 Å². The van der Waals surface area contributed by atoms with Crippen LogP contribution in [0.15, 0.2) is 42.5 Å². The number of aryl methyl sites for hydroxylation is 1. The molecule has 128 valence electrons. The van der Waals surface area contributed by atoms with Gasteiger partial charge in [-0.1, -0.05) is 29.8 Å². The minimum Gasteiger partial charge on any atom is -0.484 e. The van der Waals surface area contributed by atoms with E-state index >= 15 is 0 Å². The molecule has 0 amide bonds. The first kappa shape index (κ1) is 16.0. The van der Waals surface area contributed by atoms with E-state index in [4.69, 9.17) is 10.5 Å². The smallest absolute Gasteiger partial charge is 0.161 e. The van der Waals surface area contributed by atoms with Crippen LogP contribution in [0.4, 0.5) is 13.2 Å². The highest BCUT2D eigenvalue weighted by molar-refractivity contribution is 5.88. The SMILES string of the molecule is Cc1ccc2ccc3c(c2c1)C[C@H](N)[C@@H](c1cc(F)c(F)cc1F)O3. The van der Waals surface area contributed by atoms with Crippen LogP contribution >= 0.6 is 0 Å². The van der Waals surface area contributed by atoms with Crippen molar-refractivity contribution in [1.82, 2.24) is 0 Å². The van der Waals surface area contributed by atoms with Gasteiger partial charge in [-0.3, -0.25) is 0 Å². The molecule has 2 N–H and O–H groups in total. The van der Waals surface area contributed by atoms with E-state index in [0.717, 1.165) is 28.0 Å². The Labute approximate surface area is 143 Å². The van der Waals surface area contributed by atoms with Crippen molar-refractivity contribution in [2.75, 3.05) is 0 Å². The van der Waals surface area contributed by atoms with Crippen molar-refractivity contribution in [3.63, 3.8) is 0 Å². The second kappa shape index (κ2) is 5.77. The number of ether oxygens (including phenoxy) is 1. The molecular weight excluding hydrogens is 327 g/mol. The maximum absolute atomic E-state index is 14.1.